The predicted octanol–water partition coefficient (Wildman–Crippen LogP) is 3.57. The molecule has 0 N–H and O–H groups in total. The minimum Gasteiger partial charge on any atom is -0.256 e. The molecule has 16 heavy (non-hydrogen) atoms. The number of nitrogens with zero attached hydrogens (tertiary/aromatic N) is 1. The van der Waals surface area contributed by atoms with Crippen molar-refractivity contribution in [3.63, 3.8) is 0 Å². The van der Waals surface area contributed by atoms with Gasteiger partial charge in [-0.2, -0.15) is 13.2 Å². The molecule has 0 aliphatic heterocycles. The van der Waals surface area contributed by atoms with Gasteiger partial charge in [-0.25, -0.2) is 0 Å². The van der Waals surface area contributed by atoms with E-state index in [0.717, 1.165) is 12.1 Å². The summed E-state index contributed by atoms with van der Waals surface area (Å²) in [6, 6.07) is 11.1. The zero-order valence-corrected chi connectivity index (χ0v) is 8.12. The van der Waals surface area contributed by atoms with Crippen molar-refractivity contribution in [2.75, 3.05) is 0 Å². The van der Waals surface area contributed by atoms with Gasteiger partial charge in [0.2, 0.25) is 0 Å². The smallest absolute Gasteiger partial charge is 0.256 e. The molecule has 0 saturated carbocycles. The highest BCUT2D eigenvalue weighted by Gasteiger charge is 2.29. The van der Waals surface area contributed by atoms with Gasteiger partial charge in [0, 0.05) is 17.8 Å². The summed E-state index contributed by atoms with van der Waals surface area (Å²) < 4.78 is 36.9. The lowest BCUT2D eigenvalue weighted by Gasteiger charge is -2.06. The highest BCUT2D eigenvalue weighted by molar-refractivity contribution is 5.58. The summed E-state index contributed by atoms with van der Waals surface area (Å²) in [6.45, 7) is 0. The maximum atomic E-state index is 12.3. The van der Waals surface area contributed by atoms with Crippen molar-refractivity contribution < 1.29 is 13.2 Å². The molecule has 1 radical (unpaired) electrons. The number of aromatic nitrogens is 1. The Labute approximate surface area is 90.6 Å². The molecular formula is C12H7F3N. The summed E-state index contributed by atoms with van der Waals surface area (Å²) in [5.74, 6) is 0. The third-order valence-corrected chi connectivity index (χ3v) is 2.09. The average Bonchev–Trinajstić information content (AvgIpc) is 2.29. The lowest BCUT2D eigenvalue weighted by Crippen LogP contribution is -2.04. The fourth-order valence-electron chi connectivity index (χ4n) is 1.30. The summed E-state index contributed by atoms with van der Waals surface area (Å²) in [6.07, 6.45) is -2.73. The molecule has 0 spiro atoms. The first-order valence-electron chi connectivity index (χ1n) is 4.58. The zero-order valence-electron chi connectivity index (χ0n) is 8.12. The number of pyridine rings is 1. The molecule has 0 atom stereocenters. The molecule has 1 aromatic heterocycles. The normalized spacial score (nSPS) is 11.4. The highest BCUT2D eigenvalue weighted by atomic mass is 19.4. The Balaban J connectivity index is 2.34. The standard InChI is InChI=1S/C12H7F3N/c13-12(14,15)10-6-4-9(5-7-10)11-3-1-2-8-16-11/h1-2,4-8H. The Bertz CT molecular complexity index is 460. The van der Waals surface area contributed by atoms with Crippen LogP contribution in [0.15, 0.2) is 42.6 Å². The number of halogens is 3. The van der Waals surface area contributed by atoms with E-state index in [0.29, 0.717) is 11.3 Å². The van der Waals surface area contributed by atoms with Gasteiger partial charge in [-0.1, -0.05) is 18.2 Å². The summed E-state index contributed by atoms with van der Waals surface area (Å²) in [4.78, 5) is 4.00. The first-order valence-corrected chi connectivity index (χ1v) is 4.58. The van der Waals surface area contributed by atoms with Crippen molar-refractivity contribution >= 4 is 0 Å². The van der Waals surface area contributed by atoms with Gasteiger partial charge in [-0.3, -0.25) is 4.98 Å². The Morgan fingerprint density at radius 2 is 1.75 bits per heavy atom. The number of rotatable bonds is 1. The van der Waals surface area contributed by atoms with Gasteiger partial charge in [0.25, 0.3) is 0 Å². The minimum absolute atomic E-state index is 0.538. The van der Waals surface area contributed by atoms with Crippen LogP contribution in [0.2, 0.25) is 0 Å². The summed E-state index contributed by atoms with van der Waals surface area (Å²) in [5, 5.41) is 0. The lowest BCUT2D eigenvalue weighted by atomic mass is 10.1. The Hall–Kier alpha value is -1.84. The van der Waals surface area contributed by atoms with Crippen LogP contribution in [0.5, 0.6) is 0 Å². The molecule has 0 fully saturated rings. The third kappa shape index (κ3) is 2.21. The van der Waals surface area contributed by atoms with Crippen molar-refractivity contribution in [1.82, 2.24) is 4.98 Å². The van der Waals surface area contributed by atoms with E-state index in [4.69, 9.17) is 0 Å². The molecule has 0 saturated heterocycles. The van der Waals surface area contributed by atoms with Crippen LogP contribution in [0.4, 0.5) is 13.2 Å². The molecule has 0 aliphatic rings. The van der Waals surface area contributed by atoms with Crippen LogP contribution in [0.25, 0.3) is 11.3 Å². The molecule has 4 heteroatoms. The molecule has 1 aromatic carbocycles. The summed E-state index contributed by atoms with van der Waals surface area (Å²) in [7, 11) is 0. The van der Waals surface area contributed by atoms with Gasteiger partial charge in [0.1, 0.15) is 0 Å². The van der Waals surface area contributed by atoms with E-state index in [2.05, 4.69) is 11.1 Å². The fraction of sp³-hybridized carbons (Fsp3) is 0.0833. The van der Waals surface area contributed by atoms with Crippen molar-refractivity contribution in [3.05, 3.63) is 54.2 Å². The van der Waals surface area contributed by atoms with Crippen LogP contribution in [-0.4, -0.2) is 4.98 Å². The van der Waals surface area contributed by atoms with E-state index in [1.165, 1.54) is 12.1 Å². The number of hydrogen-bond donors (Lipinski definition) is 0. The van der Waals surface area contributed by atoms with Gasteiger partial charge in [-0.15, -0.1) is 0 Å². The van der Waals surface area contributed by atoms with E-state index < -0.39 is 11.7 Å². The molecule has 0 unspecified atom stereocenters. The monoisotopic (exact) mass is 222 g/mol. The Morgan fingerprint density at radius 3 is 2.25 bits per heavy atom. The molecule has 81 valence electrons. The first-order chi connectivity index (χ1) is 7.57. The third-order valence-electron chi connectivity index (χ3n) is 2.09. The maximum Gasteiger partial charge on any atom is 0.416 e. The van der Waals surface area contributed by atoms with E-state index in [1.54, 1.807) is 18.3 Å². The quantitative estimate of drug-likeness (QED) is 0.718. The van der Waals surface area contributed by atoms with E-state index in [-0.39, 0.29) is 0 Å². The maximum absolute atomic E-state index is 12.3. The topological polar surface area (TPSA) is 12.9 Å². The molecule has 0 aliphatic carbocycles. The largest absolute Gasteiger partial charge is 0.416 e. The molecular weight excluding hydrogens is 215 g/mol. The second kappa shape index (κ2) is 3.96. The zero-order chi connectivity index (χ0) is 11.6. The van der Waals surface area contributed by atoms with Crippen molar-refractivity contribution in [1.29, 1.82) is 0 Å². The summed E-state index contributed by atoms with van der Waals surface area (Å²) >= 11 is 0. The van der Waals surface area contributed by atoms with Crippen LogP contribution in [-0.2, 0) is 6.18 Å². The van der Waals surface area contributed by atoms with Crippen molar-refractivity contribution in [2.45, 2.75) is 6.18 Å². The number of hydrogen-bond acceptors (Lipinski definition) is 1. The van der Waals surface area contributed by atoms with Crippen LogP contribution in [0.3, 0.4) is 0 Å². The Morgan fingerprint density at radius 1 is 1.06 bits per heavy atom. The molecule has 1 heterocycles. The number of benzene rings is 1. The fourth-order valence-corrected chi connectivity index (χ4v) is 1.30. The van der Waals surface area contributed by atoms with Gasteiger partial charge < -0.3 is 0 Å². The summed E-state index contributed by atoms with van der Waals surface area (Å²) in [5.41, 5.74) is 0.497. The van der Waals surface area contributed by atoms with Crippen LogP contribution < -0.4 is 0 Å². The van der Waals surface area contributed by atoms with Crippen LogP contribution >= 0.6 is 0 Å². The highest BCUT2D eigenvalue weighted by Crippen LogP contribution is 2.30. The molecule has 2 rings (SSSR count). The Kier molecular flexibility index (Phi) is 2.64. The molecule has 2 aromatic rings. The van der Waals surface area contributed by atoms with Crippen LogP contribution in [0, 0.1) is 6.07 Å². The predicted molar refractivity (Wildman–Crippen MR) is 53.5 cm³/mol. The van der Waals surface area contributed by atoms with Gasteiger partial charge >= 0.3 is 6.18 Å². The minimum atomic E-state index is -4.30. The first kappa shape index (κ1) is 10.7. The SMILES string of the molecule is FC(F)(F)c1ccc(-c2[c]cccn2)cc1. The van der Waals surface area contributed by atoms with Gasteiger partial charge in [0.05, 0.1) is 11.3 Å². The van der Waals surface area contributed by atoms with Crippen molar-refractivity contribution in [3.8, 4) is 11.3 Å². The molecule has 1 nitrogen and oxygen atoms in total. The van der Waals surface area contributed by atoms with Gasteiger partial charge in [-0.05, 0) is 18.2 Å². The second-order valence-corrected chi connectivity index (χ2v) is 3.21. The second-order valence-electron chi connectivity index (χ2n) is 3.21. The lowest BCUT2D eigenvalue weighted by molar-refractivity contribution is -0.137. The number of alkyl halides is 3. The van der Waals surface area contributed by atoms with Crippen molar-refractivity contribution in [2.24, 2.45) is 0 Å². The van der Waals surface area contributed by atoms with Crippen LogP contribution in [0.1, 0.15) is 5.56 Å². The van der Waals surface area contributed by atoms with Gasteiger partial charge in [0.15, 0.2) is 0 Å². The van der Waals surface area contributed by atoms with E-state index in [1.807, 2.05) is 0 Å². The molecule has 0 amide bonds. The van der Waals surface area contributed by atoms with E-state index >= 15 is 0 Å². The average molecular weight is 222 g/mol. The van der Waals surface area contributed by atoms with E-state index in [9.17, 15) is 13.2 Å². The molecule has 0 bridgehead atoms.